The first kappa shape index (κ1) is 14.5. The van der Waals surface area contributed by atoms with Crippen LogP contribution in [0, 0.1) is 0 Å². The van der Waals surface area contributed by atoms with Gasteiger partial charge in [-0.15, -0.1) is 0 Å². The van der Waals surface area contributed by atoms with E-state index in [4.69, 9.17) is 5.90 Å². The Morgan fingerprint density at radius 2 is 1.55 bits per heavy atom. The number of hydrogen-bond acceptors (Lipinski definition) is 5. The summed E-state index contributed by atoms with van der Waals surface area (Å²) in [7, 11) is -4.00. The number of nitrogens with one attached hydrogen (secondary N) is 1. The molecule has 5 nitrogen and oxygen atoms in total. The van der Waals surface area contributed by atoms with Crippen molar-refractivity contribution in [2.24, 2.45) is 5.90 Å². The van der Waals surface area contributed by atoms with Gasteiger partial charge in [-0.25, -0.2) is 0 Å². The maximum Gasteiger partial charge on any atom is 0.313 e. The normalized spacial score (nSPS) is 11.5. The standard InChI is InChI=1S/C16H14N2O3S/c17-21-22(19,20)15-11-5-7-12-6-4-10-14(16(12)15)18-13-8-2-1-3-9-13/h1-11,18H,17H2. The Balaban J connectivity index is 2.23. The highest BCUT2D eigenvalue weighted by molar-refractivity contribution is 7.87. The second-order valence-corrected chi connectivity index (χ2v) is 6.24. The van der Waals surface area contributed by atoms with Gasteiger partial charge in [0.25, 0.3) is 0 Å². The topological polar surface area (TPSA) is 81.4 Å². The quantitative estimate of drug-likeness (QED) is 0.723. The highest BCUT2D eigenvalue weighted by atomic mass is 32.2. The van der Waals surface area contributed by atoms with Crippen molar-refractivity contribution in [1.29, 1.82) is 0 Å². The summed E-state index contributed by atoms with van der Waals surface area (Å²) in [5.41, 5.74) is 1.52. The smallest absolute Gasteiger partial charge is 0.313 e. The molecule has 0 unspecified atom stereocenters. The summed E-state index contributed by atoms with van der Waals surface area (Å²) in [6.07, 6.45) is 0. The van der Waals surface area contributed by atoms with E-state index >= 15 is 0 Å². The van der Waals surface area contributed by atoms with Crippen LogP contribution in [-0.4, -0.2) is 8.42 Å². The minimum absolute atomic E-state index is 0.0338. The zero-order valence-corrected chi connectivity index (χ0v) is 12.4. The summed E-state index contributed by atoms with van der Waals surface area (Å²) in [6.45, 7) is 0. The Morgan fingerprint density at radius 3 is 2.23 bits per heavy atom. The summed E-state index contributed by atoms with van der Waals surface area (Å²) in [5.74, 6) is 4.92. The average Bonchev–Trinajstić information content (AvgIpc) is 2.55. The van der Waals surface area contributed by atoms with Gasteiger partial charge in [-0.2, -0.15) is 18.6 Å². The lowest BCUT2D eigenvalue weighted by Gasteiger charge is -2.13. The van der Waals surface area contributed by atoms with E-state index in [1.54, 1.807) is 6.07 Å². The van der Waals surface area contributed by atoms with E-state index in [1.807, 2.05) is 54.6 Å². The highest BCUT2D eigenvalue weighted by Crippen LogP contribution is 2.32. The molecule has 3 aromatic rings. The fraction of sp³-hybridized carbons (Fsp3) is 0. The fourth-order valence-electron chi connectivity index (χ4n) is 2.35. The maximum atomic E-state index is 12.0. The van der Waals surface area contributed by atoms with Crippen molar-refractivity contribution in [3.63, 3.8) is 0 Å². The molecule has 0 saturated heterocycles. The monoisotopic (exact) mass is 314 g/mol. The van der Waals surface area contributed by atoms with Crippen molar-refractivity contribution in [3.05, 3.63) is 66.7 Å². The van der Waals surface area contributed by atoms with Gasteiger partial charge >= 0.3 is 10.1 Å². The van der Waals surface area contributed by atoms with Crippen LogP contribution in [0.15, 0.2) is 71.6 Å². The van der Waals surface area contributed by atoms with Gasteiger partial charge in [0.1, 0.15) is 4.90 Å². The van der Waals surface area contributed by atoms with Crippen LogP contribution in [0.4, 0.5) is 11.4 Å². The first-order valence-electron chi connectivity index (χ1n) is 6.59. The molecular weight excluding hydrogens is 300 g/mol. The molecule has 0 aromatic heterocycles. The van der Waals surface area contributed by atoms with Crippen LogP contribution in [0.25, 0.3) is 10.8 Å². The number of rotatable bonds is 4. The third-order valence-electron chi connectivity index (χ3n) is 3.32. The van der Waals surface area contributed by atoms with Crippen molar-refractivity contribution >= 4 is 32.3 Å². The SMILES string of the molecule is NOS(=O)(=O)c1cccc2cccc(Nc3ccccc3)c12. The molecule has 0 fully saturated rings. The van der Waals surface area contributed by atoms with Gasteiger partial charge in [0.05, 0.1) is 0 Å². The summed E-state index contributed by atoms with van der Waals surface area (Å²) < 4.78 is 28.3. The third kappa shape index (κ3) is 2.67. The lowest BCUT2D eigenvalue weighted by Crippen LogP contribution is -2.12. The number of benzene rings is 3. The van der Waals surface area contributed by atoms with E-state index in [1.165, 1.54) is 6.07 Å². The van der Waals surface area contributed by atoms with E-state index in [9.17, 15) is 8.42 Å². The Morgan fingerprint density at radius 1 is 0.864 bits per heavy atom. The van der Waals surface area contributed by atoms with E-state index in [-0.39, 0.29) is 4.90 Å². The summed E-state index contributed by atoms with van der Waals surface area (Å²) in [5, 5.41) is 4.54. The second-order valence-electron chi connectivity index (χ2n) is 4.70. The number of fused-ring (bicyclic) bond motifs is 1. The molecule has 3 N–H and O–H groups in total. The summed E-state index contributed by atoms with van der Waals surface area (Å²) in [4.78, 5) is 0.0338. The molecule has 0 bridgehead atoms. The minimum Gasteiger partial charge on any atom is -0.355 e. The summed E-state index contributed by atoms with van der Waals surface area (Å²) in [6, 6.07) is 20.0. The molecule has 0 radical (unpaired) electrons. The number of hydrogen-bond donors (Lipinski definition) is 2. The summed E-state index contributed by atoms with van der Waals surface area (Å²) >= 11 is 0. The van der Waals surface area contributed by atoms with E-state index in [0.717, 1.165) is 11.1 Å². The molecule has 3 rings (SSSR count). The van der Waals surface area contributed by atoms with Crippen LogP contribution in [0.2, 0.25) is 0 Å². The molecular formula is C16H14N2O3S. The van der Waals surface area contributed by atoms with Crippen molar-refractivity contribution in [2.75, 3.05) is 5.32 Å². The average molecular weight is 314 g/mol. The maximum absolute atomic E-state index is 12.0. The lowest BCUT2D eigenvalue weighted by molar-refractivity contribution is 0.333. The Bertz CT molecular complexity index is 904. The molecule has 0 aliphatic rings. The highest BCUT2D eigenvalue weighted by Gasteiger charge is 2.19. The van der Waals surface area contributed by atoms with Crippen LogP contribution < -0.4 is 11.2 Å². The fourth-order valence-corrected chi connectivity index (χ4v) is 3.17. The molecule has 0 spiro atoms. The van der Waals surface area contributed by atoms with Gasteiger partial charge < -0.3 is 5.32 Å². The second kappa shape index (κ2) is 5.76. The predicted molar refractivity (Wildman–Crippen MR) is 86.1 cm³/mol. The molecule has 0 aliphatic carbocycles. The minimum atomic E-state index is -4.00. The molecule has 112 valence electrons. The number of anilines is 2. The molecule has 0 amide bonds. The molecule has 0 atom stereocenters. The van der Waals surface area contributed by atoms with Crippen molar-refractivity contribution < 1.29 is 12.7 Å². The Kier molecular flexibility index (Phi) is 3.81. The Hall–Kier alpha value is -2.41. The first-order valence-corrected chi connectivity index (χ1v) is 8.00. The van der Waals surface area contributed by atoms with Gasteiger partial charge in [0.2, 0.25) is 0 Å². The third-order valence-corrected chi connectivity index (χ3v) is 4.45. The van der Waals surface area contributed by atoms with Crippen LogP contribution in [0.5, 0.6) is 0 Å². The molecule has 0 saturated carbocycles. The van der Waals surface area contributed by atoms with E-state index in [2.05, 4.69) is 9.60 Å². The van der Waals surface area contributed by atoms with Crippen LogP contribution in [0.1, 0.15) is 0 Å². The van der Waals surface area contributed by atoms with Crippen molar-refractivity contribution in [3.8, 4) is 0 Å². The number of para-hydroxylation sites is 1. The van der Waals surface area contributed by atoms with Gasteiger partial charge in [-0.05, 0) is 29.7 Å². The first-order chi connectivity index (χ1) is 10.6. The predicted octanol–water partition coefficient (Wildman–Crippen LogP) is 3.16. The largest absolute Gasteiger partial charge is 0.355 e. The van der Waals surface area contributed by atoms with Gasteiger partial charge in [-0.3, -0.25) is 0 Å². The van der Waals surface area contributed by atoms with Crippen molar-refractivity contribution in [2.45, 2.75) is 4.90 Å². The van der Waals surface area contributed by atoms with E-state index in [0.29, 0.717) is 11.1 Å². The van der Waals surface area contributed by atoms with Gasteiger partial charge in [0, 0.05) is 16.8 Å². The lowest BCUT2D eigenvalue weighted by atomic mass is 10.1. The molecule has 0 heterocycles. The molecule has 0 aliphatic heterocycles. The zero-order chi connectivity index (χ0) is 15.6. The molecule has 3 aromatic carbocycles. The van der Waals surface area contributed by atoms with E-state index < -0.39 is 10.1 Å². The molecule has 22 heavy (non-hydrogen) atoms. The van der Waals surface area contributed by atoms with Crippen molar-refractivity contribution in [1.82, 2.24) is 0 Å². The van der Waals surface area contributed by atoms with Crippen LogP contribution in [-0.2, 0) is 14.4 Å². The molecule has 6 heteroatoms. The number of nitrogens with two attached hydrogens (primary N) is 1. The van der Waals surface area contributed by atoms with Gasteiger partial charge in [0.15, 0.2) is 0 Å². The Labute approximate surface area is 128 Å². The van der Waals surface area contributed by atoms with Crippen LogP contribution >= 0.6 is 0 Å². The van der Waals surface area contributed by atoms with Gasteiger partial charge in [-0.1, -0.05) is 42.5 Å². The zero-order valence-electron chi connectivity index (χ0n) is 11.6. The van der Waals surface area contributed by atoms with Crippen LogP contribution in [0.3, 0.4) is 0 Å².